The molecular formula is C38H24O. The molecule has 8 aromatic rings. The van der Waals surface area contributed by atoms with E-state index < -0.39 is 6.04 Å². The minimum absolute atomic E-state index is 0.159. The van der Waals surface area contributed by atoms with Crippen molar-refractivity contribution in [3.63, 3.8) is 0 Å². The standard InChI is InChI=1S/C38H24O/c1-3-12-25(13-4-1)27-22-23-32-35(24-27)39-34-21-11-20-33(38(32)34)37-30-18-9-7-16-28(30)36(26-14-5-2-6-15-26)29-17-8-10-19-31(29)37/h1-24H/i1D,3D,4D,12D,13D. The van der Waals surface area contributed by atoms with Crippen molar-refractivity contribution < 1.29 is 11.3 Å². The van der Waals surface area contributed by atoms with Crippen LogP contribution in [0.25, 0.3) is 76.9 Å². The SMILES string of the molecule is [2H]c1c([2H])c([2H])c(-c2ccc3c(c2)oc2cccc(-c4c5ccccc5c(-c5ccccc5)c5ccccc45)c23)c([2H])c1[2H]. The molecule has 7 aromatic carbocycles. The Morgan fingerprint density at radius 2 is 1.08 bits per heavy atom. The van der Waals surface area contributed by atoms with Crippen molar-refractivity contribution in [3.8, 4) is 33.4 Å². The Hall–Kier alpha value is -5.14. The van der Waals surface area contributed by atoms with E-state index >= 15 is 0 Å². The summed E-state index contributed by atoms with van der Waals surface area (Å²) in [6, 6.07) is 37.6. The van der Waals surface area contributed by atoms with E-state index in [4.69, 9.17) is 11.3 Å². The summed E-state index contributed by atoms with van der Waals surface area (Å²) in [5.41, 5.74) is 6.52. The molecule has 0 aliphatic rings. The molecule has 182 valence electrons. The first-order valence-electron chi connectivity index (χ1n) is 15.5. The lowest BCUT2D eigenvalue weighted by Crippen LogP contribution is -1.91. The monoisotopic (exact) mass is 501 g/mol. The maximum Gasteiger partial charge on any atom is 0.136 e. The summed E-state index contributed by atoms with van der Waals surface area (Å²) in [6.07, 6.45) is 0. The number of hydrogen-bond donors (Lipinski definition) is 0. The van der Waals surface area contributed by atoms with E-state index in [1.54, 1.807) is 6.07 Å². The molecule has 1 heteroatoms. The smallest absolute Gasteiger partial charge is 0.136 e. The highest BCUT2D eigenvalue weighted by Gasteiger charge is 2.20. The van der Waals surface area contributed by atoms with Crippen LogP contribution in [-0.2, 0) is 0 Å². The van der Waals surface area contributed by atoms with Crippen LogP contribution >= 0.6 is 0 Å². The molecule has 1 nitrogen and oxygen atoms in total. The van der Waals surface area contributed by atoms with Crippen molar-refractivity contribution >= 4 is 43.5 Å². The van der Waals surface area contributed by atoms with Crippen LogP contribution in [0.3, 0.4) is 0 Å². The summed E-state index contributed by atoms with van der Waals surface area (Å²) < 4.78 is 47.6. The summed E-state index contributed by atoms with van der Waals surface area (Å²) in [7, 11) is 0. The Balaban J connectivity index is 1.44. The fourth-order valence-corrected chi connectivity index (χ4v) is 5.92. The molecule has 1 heterocycles. The van der Waals surface area contributed by atoms with Gasteiger partial charge in [-0.25, -0.2) is 0 Å². The lowest BCUT2D eigenvalue weighted by atomic mass is 9.85. The number of hydrogen-bond acceptors (Lipinski definition) is 1. The highest BCUT2D eigenvalue weighted by atomic mass is 16.3. The quantitative estimate of drug-likeness (QED) is 0.219. The van der Waals surface area contributed by atoms with Crippen LogP contribution in [0.2, 0.25) is 0 Å². The van der Waals surface area contributed by atoms with Crippen molar-refractivity contribution in [3.05, 3.63) is 145 Å². The molecule has 0 atom stereocenters. The van der Waals surface area contributed by atoms with Gasteiger partial charge in [0.1, 0.15) is 11.2 Å². The van der Waals surface area contributed by atoms with E-state index in [2.05, 4.69) is 78.9 Å². The first-order chi connectivity index (χ1) is 21.4. The van der Waals surface area contributed by atoms with Crippen LogP contribution in [0.1, 0.15) is 6.85 Å². The molecular weight excluding hydrogens is 472 g/mol. The van der Waals surface area contributed by atoms with Crippen molar-refractivity contribution in [1.29, 1.82) is 0 Å². The van der Waals surface area contributed by atoms with Crippen molar-refractivity contribution in [1.82, 2.24) is 0 Å². The molecule has 0 N–H and O–H groups in total. The Morgan fingerprint density at radius 1 is 0.436 bits per heavy atom. The summed E-state index contributed by atoms with van der Waals surface area (Å²) in [6.45, 7) is 0. The third-order valence-corrected chi connectivity index (χ3v) is 7.55. The largest absolute Gasteiger partial charge is 0.456 e. The van der Waals surface area contributed by atoms with Gasteiger partial charge in [-0.1, -0.05) is 127 Å². The van der Waals surface area contributed by atoms with Gasteiger partial charge in [0.25, 0.3) is 0 Å². The third kappa shape index (κ3) is 3.41. The minimum Gasteiger partial charge on any atom is -0.456 e. The molecule has 0 aliphatic heterocycles. The first-order valence-corrected chi connectivity index (χ1v) is 13.0. The minimum atomic E-state index is -0.407. The zero-order valence-electron chi connectivity index (χ0n) is 25.9. The van der Waals surface area contributed by atoms with Crippen LogP contribution in [0.5, 0.6) is 0 Å². The molecule has 0 saturated carbocycles. The maximum absolute atomic E-state index is 8.46. The molecule has 0 amide bonds. The van der Waals surface area contributed by atoms with Gasteiger partial charge in [0, 0.05) is 10.8 Å². The highest BCUT2D eigenvalue weighted by molar-refractivity contribution is 6.25. The zero-order chi connectivity index (χ0) is 30.1. The number of rotatable bonds is 3. The molecule has 0 aliphatic carbocycles. The van der Waals surface area contributed by atoms with E-state index in [0.717, 1.165) is 38.3 Å². The zero-order valence-corrected chi connectivity index (χ0v) is 20.9. The predicted molar refractivity (Wildman–Crippen MR) is 165 cm³/mol. The van der Waals surface area contributed by atoms with Gasteiger partial charge in [0.05, 0.1) is 6.85 Å². The van der Waals surface area contributed by atoms with Crippen LogP contribution in [0, 0.1) is 0 Å². The van der Waals surface area contributed by atoms with E-state index in [1.807, 2.05) is 30.3 Å². The van der Waals surface area contributed by atoms with E-state index in [0.29, 0.717) is 11.1 Å². The molecule has 0 unspecified atom stereocenters. The lowest BCUT2D eigenvalue weighted by Gasteiger charge is -2.18. The second-order valence-electron chi connectivity index (χ2n) is 9.70. The average molecular weight is 502 g/mol. The lowest BCUT2D eigenvalue weighted by molar-refractivity contribution is 0.669. The van der Waals surface area contributed by atoms with Crippen LogP contribution in [0.4, 0.5) is 0 Å². The summed E-state index contributed by atoms with van der Waals surface area (Å²) >= 11 is 0. The number of furan rings is 1. The van der Waals surface area contributed by atoms with E-state index in [9.17, 15) is 0 Å². The van der Waals surface area contributed by atoms with Crippen molar-refractivity contribution in [2.24, 2.45) is 0 Å². The van der Waals surface area contributed by atoms with Gasteiger partial charge >= 0.3 is 0 Å². The van der Waals surface area contributed by atoms with E-state index in [1.165, 1.54) is 21.9 Å². The van der Waals surface area contributed by atoms with Crippen molar-refractivity contribution in [2.75, 3.05) is 0 Å². The molecule has 8 rings (SSSR count). The number of fused-ring (bicyclic) bond motifs is 5. The van der Waals surface area contributed by atoms with Gasteiger partial charge in [0.15, 0.2) is 0 Å². The fourth-order valence-electron chi connectivity index (χ4n) is 5.92. The van der Waals surface area contributed by atoms with Gasteiger partial charge in [-0.2, -0.15) is 0 Å². The Bertz CT molecular complexity index is 2360. The fraction of sp³-hybridized carbons (Fsp3) is 0. The topological polar surface area (TPSA) is 13.1 Å². The second kappa shape index (κ2) is 8.72. The predicted octanol–water partition coefficient (Wildman–Crippen LogP) is 10.9. The number of benzene rings is 7. The van der Waals surface area contributed by atoms with Crippen LogP contribution in [0.15, 0.2) is 150 Å². The Morgan fingerprint density at radius 3 is 1.77 bits per heavy atom. The van der Waals surface area contributed by atoms with Gasteiger partial charge in [-0.05, 0) is 73.1 Å². The second-order valence-corrected chi connectivity index (χ2v) is 9.70. The summed E-state index contributed by atoms with van der Waals surface area (Å²) in [5, 5.41) is 6.48. The third-order valence-electron chi connectivity index (χ3n) is 7.55. The molecule has 0 fully saturated rings. The highest BCUT2D eigenvalue weighted by Crippen LogP contribution is 2.46. The van der Waals surface area contributed by atoms with Gasteiger partial charge < -0.3 is 4.42 Å². The Kier molecular flexibility index (Phi) is 3.89. The maximum atomic E-state index is 8.46. The average Bonchev–Trinajstić information content (AvgIpc) is 3.44. The molecule has 0 spiro atoms. The Labute approximate surface area is 233 Å². The molecule has 0 radical (unpaired) electrons. The van der Waals surface area contributed by atoms with Gasteiger partial charge in [0.2, 0.25) is 0 Å². The summed E-state index contributed by atoms with van der Waals surface area (Å²) in [4.78, 5) is 0. The summed E-state index contributed by atoms with van der Waals surface area (Å²) in [5.74, 6) is 0. The molecule has 39 heavy (non-hydrogen) atoms. The molecule has 0 bridgehead atoms. The molecule has 1 aromatic heterocycles. The van der Waals surface area contributed by atoms with Crippen LogP contribution < -0.4 is 0 Å². The van der Waals surface area contributed by atoms with Gasteiger partial charge in [-0.15, -0.1) is 0 Å². The molecule has 0 saturated heterocycles. The van der Waals surface area contributed by atoms with Crippen molar-refractivity contribution in [2.45, 2.75) is 0 Å². The first kappa shape index (κ1) is 17.4. The van der Waals surface area contributed by atoms with Crippen LogP contribution in [-0.4, -0.2) is 0 Å². The van der Waals surface area contributed by atoms with E-state index in [-0.39, 0.29) is 29.7 Å². The van der Waals surface area contributed by atoms with Gasteiger partial charge in [-0.3, -0.25) is 0 Å². The normalized spacial score (nSPS) is 13.4.